The molecular formula is C24H24N2O4. The minimum absolute atomic E-state index is 0.0325. The number of hydrogen-bond donors (Lipinski definition) is 0. The third-order valence-corrected chi connectivity index (χ3v) is 5.94. The molecule has 3 aromatic rings. The summed E-state index contributed by atoms with van der Waals surface area (Å²) in [5.74, 6) is 1.03. The summed E-state index contributed by atoms with van der Waals surface area (Å²) in [4.78, 5) is 29.0. The molecule has 2 aliphatic heterocycles. The lowest BCUT2D eigenvalue weighted by Crippen LogP contribution is -2.35. The standard InChI is InChI=1S/C24H24N2O4/c27-22-8-4-12-26(22)13-5-11-25-14-19-21(30-16-25)10-9-18-23(28)20(15-29-24(18)19)17-6-2-1-3-7-17/h1-3,6-7,9-10,15H,4-5,8,11-14,16H2. The van der Waals surface area contributed by atoms with E-state index in [4.69, 9.17) is 9.15 Å². The molecule has 0 saturated carbocycles. The first-order chi connectivity index (χ1) is 14.7. The van der Waals surface area contributed by atoms with Gasteiger partial charge < -0.3 is 14.1 Å². The van der Waals surface area contributed by atoms with E-state index in [0.717, 1.165) is 49.4 Å². The Hall–Kier alpha value is -3.12. The van der Waals surface area contributed by atoms with Gasteiger partial charge in [0.15, 0.2) is 0 Å². The van der Waals surface area contributed by atoms with Crippen LogP contribution in [0.25, 0.3) is 22.1 Å². The van der Waals surface area contributed by atoms with Crippen LogP contribution in [0.1, 0.15) is 24.8 Å². The van der Waals surface area contributed by atoms with Crippen LogP contribution in [0, 0.1) is 0 Å². The molecule has 1 aromatic heterocycles. The Morgan fingerprint density at radius 3 is 2.67 bits per heavy atom. The second-order valence-electron chi connectivity index (χ2n) is 7.93. The fourth-order valence-corrected chi connectivity index (χ4v) is 4.34. The zero-order valence-electron chi connectivity index (χ0n) is 16.8. The number of fused-ring (bicyclic) bond motifs is 3. The van der Waals surface area contributed by atoms with Crippen molar-refractivity contribution in [1.82, 2.24) is 9.80 Å². The summed E-state index contributed by atoms with van der Waals surface area (Å²) in [5.41, 5.74) is 2.88. The highest BCUT2D eigenvalue weighted by Crippen LogP contribution is 2.32. The van der Waals surface area contributed by atoms with E-state index >= 15 is 0 Å². The normalized spacial score (nSPS) is 16.7. The van der Waals surface area contributed by atoms with E-state index in [-0.39, 0.29) is 11.3 Å². The van der Waals surface area contributed by atoms with Crippen LogP contribution < -0.4 is 10.2 Å². The number of hydrogen-bond acceptors (Lipinski definition) is 5. The van der Waals surface area contributed by atoms with Crippen LogP contribution in [-0.2, 0) is 11.3 Å². The van der Waals surface area contributed by atoms with Crippen molar-refractivity contribution in [1.29, 1.82) is 0 Å². The average Bonchev–Trinajstić information content (AvgIpc) is 3.19. The largest absolute Gasteiger partial charge is 0.478 e. The molecule has 2 aliphatic rings. The summed E-state index contributed by atoms with van der Waals surface area (Å²) in [7, 11) is 0. The third-order valence-electron chi connectivity index (χ3n) is 5.94. The lowest BCUT2D eigenvalue weighted by atomic mass is 10.0. The molecule has 154 valence electrons. The number of rotatable bonds is 5. The Bertz CT molecular complexity index is 1140. The maximum Gasteiger partial charge on any atom is 0.222 e. The van der Waals surface area contributed by atoms with Crippen molar-refractivity contribution >= 4 is 16.9 Å². The highest BCUT2D eigenvalue weighted by molar-refractivity contribution is 5.85. The van der Waals surface area contributed by atoms with E-state index in [1.54, 1.807) is 12.3 Å². The number of carbonyl (C=O) groups excluding carboxylic acids is 1. The van der Waals surface area contributed by atoms with Crippen molar-refractivity contribution in [3.63, 3.8) is 0 Å². The van der Waals surface area contributed by atoms with E-state index in [9.17, 15) is 9.59 Å². The number of nitrogens with zero attached hydrogens (tertiary/aromatic N) is 2. The first kappa shape index (κ1) is 18.9. The summed E-state index contributed by atoms with van der Waals surface area (Å²) in [6.45, 7) is 3.64. The predicted molar refractivity (Wildman–Crippen MR) is 114 cm³/mol. The van der Waals surface area contributed by atoms with Crippen molar-refractivity contribution in [2.75, 3.05) is 26.4 Å². The molecule has 0 N–H and O–H groups in total. The van der Waals surface area contributed by atoms with Gasteiger partial charge in [-0.1, -0.05) is 30.3 Å². The Kier molecular flexibility index (Phi) is 5.01. The number of amides is 1. The van der Waals surface area contributed by atoms with E-state index < -0.39 is 0 Å². The van der Waals surface area contributed by atoms with Gasteiger partial charge in [-0.2, -0.15) is 0 Å². The first-order valence-electron chi connectivity index (χ1n) is 10.5. The van der Waals surface area contributed by atoms with Crippen LogP contribution in [0.2, 0.25) is 0 Å². The van der Waals surface area contributed by atoms with Crippen LogP contribution in [0.3, 0.4) is 0 Å². The molecule has 2 aromatic carbocycles. The predicted octanol–water partition coefficient (Wildman–Crippen LogP) is 3.62. The fraction of sp³-hybridized carbons (Fsp3) is 0.333. The van der Waals surface area contributed by atoms with Crippen LogP contribution in [0.5, 0.6) is 5.75 Å². The smallest absolute Gasteiger partial charge is 0.222 e. The van der Waals surface area contributed by atoms with Crippen molar-refractivity contribution in [3.05, 3.63) is 64.5 Å². The Labute approximate surface area is 174 Å². The topological polar surface area (TPSA) is 63.0 Å². The molecule has 1 amide bonds. The van der Waals surface area contributed by atoms with E-state index in [1.807, 2.05) is 41.3 Å². The van der Waals surface area contributed by atoms with Gasteiger partial charge in [0.1, 0.15) is 24.3 Å². The number of likely N-dealkylation sites (tertiary alicyclic amines) is 1. The summed E-state index contributed by atoms with van der Waals surface area (Å²) < 4.78 is 11.9. The molecule has 3 heterocycles. The van der Waals surface area contributed by atoms with Gasteiger partial charge in [-0.15, -0.1) is 0 Å². The van der Waals surface area contributed by atoms with Crippen LogP contribution in [-0.4, -0.2) is 42.1 Å². The van der Waals surface area contributed by atoms with Crippen molar-refractivity contribution < 1.29 is 13.9 Å². The monoisotopic (exact) mass is 404 g/mol. The SMILES string of the molecule is O=C1CCCN1CCCN1COc2ccc3c(=O)c(-c4ccccc4)coc3c2C1. The molecule has 6 nitrogen and oxygen atoms in total. The lowest BCUT2D eigenvalue weighted by Gasteiger charge is -2.29. The van der Waals surface area contributed by atoms with Crippen molar-refractivity contribution in [2.45, 2.75) is 25.8 Å². The summed E-state index contributed by atoms with van der Waals surface area (Å²) >= 11 is 0. The van der Waals surface area contributed by atoms with Gasteiger partial charge in [-0.3, -0.25) is 14.5 Å². The van der Waals surface area contributed by atoms with Gasteiger partial charge in [-0.25, -0.2) is 0 Å². The van der Waals surface area contributed by atoms with Crippen LogP contribution in [0.4, 0.5) is 0 Å². The van der Waals surface area contributed by atoms with Gasteiger partial charge in [0.25, 0.3) is 0 Å². The molecular weight excluding hydrogens is 380 g/mol. The van der Waals surface area contributed by atoms with Gasteiger partial charge in [0, 0.05) is 32.6 Å². The minimum Gasteiger partial charge on any atom is -0.478 e. The molecule has 5 rings (SSSR count). The van der Waals surface area contributed by atoms with Gasteiger partial charge in [-0.05, 0) is 30.5 Å². The molecule has 0 atom stereocenters. The Balaban J connectivity index is 1.37. The van der Waals surface area contributed by atoms with E-state index in [2.05, 4.69) is 4.90 Å². The molecule has 30 heavy (non-hydrogen) atoms. The zero-order valence-corrected chi connectivity index (χ0v) is 16.8. The lowest BCUT2D eigenvalue weighted by molar-refractivity contribution is -0.127. The first-order valence-corrected chi connectivity index (χ1v) is 10.5. The summed E-state index contributed by atoms with van der Waals surface area (Å²) in [6, 6.07) is 13.2. The highest BCUT2D eigenvalue weighted by atomic mass is 16.5. The Morgan fingerprint density at radius 1 is 1.00 bits per heavy atom. The number of ether oxygens (including phenoxy) is 1. The maximum absolute atomic E-state index is 13.1. The molecule has 0 aliphatic carbocycles. The third kappa shape index (κ3) is 3.48. The van der Waals surface area contributed by atoms with Crippen molar-refractivity contribution in [2.24, 2.45) is 0 Å². The number of benzene rings is 2. The van der Waals surface area contributed by atoms with Crippen LogP contribution in [0.15, 0.2) is 57.9 Å². The van der Waals surface area contributed by atoms with Gasteiger partial charge in [0.2, 0.25) is 11.3 Å². The second kappa shape index (κ2) is 7.95. The second-order valence-corrected chi connectivity index (χ2v) is 7.93. The zero-order chi connectivity index (χ0) is 20.5. The summed E-state index contributed by atoms with van der Waals surface area (Å²) in [5, 5.41) is 0.572. The molecule has 0 spiro atoms. The van der Waals surface area contributed by atoms with Crippen molar-refractivity contribution in [3.8, 4) is 16.9 Å². The highest BCUT2D eigenvalue weighted by Gasteiger charge is 2.24. The summed E-state index contributed by atoms with van der Waals surface area (Å²) in [6.07, 6.45) is 4.10. The number of carbonyl (C=O) groups is 1. The molecule has 1 fully saturated rings. The van der Waals surface area contributed by atoms with Crippen LogP contribution >= 0.6 is 0 Å². The molecule has 6 heteroatoms. The molecule has 1 saturated heterocycles. The molecule has 0 radical (unpaired) electrons. The molecule has 0 unspecified atom stereocenters. The Morgan fingerprint density at radius 2 is 1.87 bits per heavy atom. The van der Waals surface area contributed by atoms with E-state index in [0.29, 0.717) is 36.2 Å². The molecule has 0 bridgehead atoms. The minimum atomic E-state index is -0.0325. The maximum atomic E-state index is 13.1. The fourth-order valence-electron chi connectivity index (χ4n) is 4.34. The van der Waals surface area contributed by atoms with E-state index in [1.165, 1.54) is 0 Å². The average molecular weight is 404 g/mol. The van der Waals surface area contributed by atoms with Gasteiger partial charge >= 0.3 is 0 Å². The quantitative estimate of drug-likeness (QED) is 0.650. The van der Waals surface area contributed by atoms with Gasteiger partial charge in [0.05, 0.1) is 16.5 Å².